The van der Waals surface area contributed by atoms with Crippen molar-refractivity contribution in [3.63, 3.8) is 0 Å². The number of rotatable bonds is 10. The van der Waals surface area contributed by atoms with Gasteiger partial charge in [0.15, 0.2) is 11.1 Å². The molecular formula is C45H44N2O9. The molecule has 2 amide bonds. The summed E-state index contributed by atoms with van der Waals surface area (Å²) in [5.41, 5.74) is -1.05. The Balaban J connectivity index is 1.39. The third kappa shape index (κ3) is 6.40. The number of Topliss-reactive ketones (excluding diaryl/α,β-unsaturated/α-hetero) is 4. The van der Waals surface area contributed by atoms with Gasteiger partial charge in [0.05, 0.1) is 0 Å². The van der Waals surface area contributed by atoms with Crippen molar-refractivity contribution < 1.29 is 43.0 Å². The average molecular weight is 757 g/mol. The molecule has 56 heavy (non-hydrogen) atoms. The predicted octanol–water partition coefficient (Wildman–Crippen LogP) is 7.73. The normalized spacial score (nSPS) is 16.3. The molecule has 0 bridgehead atoms. The quantitative estimate of drug-likeness (QED) is 0.122. The van der Waals surface area contributed by atoms with Crippen LogP contribution in [0.1, 0.15) is 154 Å². The molecule has 11 heteroatoms. The second-order valence-electron chi connectivity index (χ2n) is 15.0. The fraction of sp³-hybridized carbons (Fsp3) is 0.311. The molecule has 6 rings (SSSR count). The Morgan fingerprint density at radius 1 is 0.500 bits per heavy atom. The van der Waals surface area contributed by atoms with E-state index in [1.54, 1.807) is 74.5 Å². The molecule has 2 aliphatic rings. The van der Waals surface area contributed by atoms with Crippen molar-refractivity contribution in [2.45, 2.75) is 90.5 Å². The molecule has 0 saturated heterocycles. The number of ketones is 4. The van der Waals surface area contributed by atoms with Gasteiger partial charge < -0.3 is 20.1 Å². The lowest BCUT2D eigenvalue weighted by molar-refractivity contribution is -0.121. The Bertz CT molecular complexity index is 2110. The first kappa shape index (κ1) is 39.5. The minimum Gasteiger partial charge on any atom is -0.426 e. The van der Waals surface area contributed by atoms with Gasteiger partial charge in [-0.3, -0.25) is 28.8 Å². The van der Waals surface area contributed by atoms with Gasteiger partial charge in [-0.05, 0) is 47.9 Å². The van der Waals surface area contributed by atoms with Crippen LogP contribution in [0.25, 0.3) is 0 Å². The van der Waals surface area contributed by atoms with Gasteiger partial charge in [0.25, 0.3) is 0 Å². The molecular weight excluding hydrogens is 713 g/mol. The third-order valence-electron chi connectivity index (χ3n) is 10.6. The van der Waals surface area contributed by atoms with Gasteiger partial charge in [-0.1, -0.05) is 113 Å². The minimum absolute atomic E-state index is 0.000558. The number of hydrogen-bond donors (Lipinski definition) is 2. The highest BCUT2D eigenvalue weighted by atomic mass is 16.7. The average Bonchev–Trinajstić information content (AvgIpc) is 3.50. The van der Waals surface area contributed by atoms with Crippen LogP contribution in [0, 0.1) is 0 Å². The van der Waals surface area contributed by atoms with Crippen molar-refractivity contribution in [3.8, 4) is 0 Å². The van der Waals surface area contributed by atoms with Gasteiger partial charge in [0.1, 0.15) is 12.2 Å². The standard InChI is InChI=1S/C45H44N2O9/c1-23(2)29-17-19-37(44(46-27(7)48)39(50)31-13-9-10-14-32(31)40(44)51)35(21-29)25(5)55-43(54)56-26(6)36-22-30(24(3)4)18-20-38(36)45(47-28(8)49)41(52)33-15-11-12-16-34(33)42(45)53/h9-26H,1-8H3,(H,46,48)(H,47,49). The van der Waals surface area contributed by atoms with Crippen LogP contribution >= 0.6 is 0 Å². The second kappa shape index (κ2) is 14.8. The summed E-state index contributed by atoms with van der Waals surface area (Å²) >= 11 is 0. The summed E-state index contributed by atoms with van der Waals surface area (Å²) in [5, 5.41) is 5.30. The van der Waals surface area contributed by atoms with Gasteiger partial charge in [-0.25, -0.2) is 4.79 Å². The Kier molecular flexibility index (Phi) is 10.4. The molecule has 288 valence electrons. The second-order valence-corrected chi connectivity index (χ2v) is 15.0. The fourth-order valence-electron chi connectivity index (χ4n) is 7.83. The summed E-state index contributed by atoms with van der Waals surface area (Å²) in [5.74, 6) is -3.67. The molecule has 4 aromatic carbocycles. The number of fused-ring (bicyclic) bond motifs is 2. The van der Waals surface area contributed by atoms with Crippen molar-refractivity contribution in [1.82, 2.24) is 10.6 Å². The summed E-state index contributed by atoms with van der Waals surface area (Å²) < 4.78 is 11.8. The lowest BCUT2D eigenvalue weighted by Gasteiger charge is -2.32. The van der Waals surface area contributed by atoms with E-state index in [1.807, 2.05) is 27.7 Å². The SMILES string of the molecule is CC(=O)NC1(c2ccc(C(C)C)cc2C(C)OC(=O)OC(C)c2cc(C(C)C)ccc2C2(NC(C)=O)C(=O)c3ccccc3C2=O)C(=O)c2ccccc2C1=O. The van der Waals surface area contributed by atoms with Crippen molar-refractivity contribution in [1.29, 1.82) is 0 Å². The Hall–Kier alpha value is -6.23. The molecule has 2 N–H and O–H groups in total. The number of carbonyl (C=O) groups excluding carboxylic acids is 7. The number of hydrogen-bond acceptors (Lipinski definition) is 9. The molecule has 2 unspecified atom stereocenters. The van der Waals surface area contributed by atoms with Gasteiger partial charge in [0.2, 0.25) is 34.9 Å². The van der Waals surface area contributed by atoms with Gasteiger partial charge in [-0.2, -0.15) is 0 Å². The van der Waals surface area contributed by atoms with E-state index in [2.05, 4.69) is 10.6 Å². The monoisotopic (exact) mass is 756 g/mol. The summed E-state index contributed by atoms with van der Waals surface area (Å²) in [7, 11) is 0. The molecule has 0 heterocycles. The topological polar surface area (TPSA) is 162 Å². The molecule has 4 aromatic rings. The van der Waals surface area contributed by atoms with E-state index < -0.39 is 64.4 Å². The highest BCUT2D eigenvalue weighted by Crippen LogP contribution is 2.44. The zero-order valence-electron chi connectivity index (χ0n) is 32.6. The van der Waals surface area contributed by atoms with Crippen LogP contribution in [0.5, 0.6) is 0 Å². The Labute approximate surface area is 325 Å². The maximum absolute atomic E-state index is 14.2. The lowest BCUT2D eigenvalue weighted by atomic mass is 9.79. The van der Waals surface area contributed by atoms with E-state index in [-0.39, 0.29) is 45.2 Å². The highest BCUT2D eigenvalue weighted by molar-refractivity contribution is 6.34. The molecule has 0 radical (unpaired) electrons. The lowest BCUT2D eigenvalue weighted by Crippen LogP contribution is -2.54. The third-order valence-corrected chi connectivity index (χ3v) is 10.6. The molecule has 0 fully saturated rings. The maximum atomic E-state index is 14.2. The molecule has 0 aliphatic heterocycles. The first-order valence-corrected chi connectivity index (χ1v) is 18.6. The van der Waals surface area contributed by atoms with Gasteiger partial charge in [0, 0.05) is 47.2 Å². The van der Waals surface area contributed by atoms with Gasteiger partial charge >= 0.3 is 6.16 Å². The van der Waals surface area contributed by atoms with Crippen molar-refractivity contribution in [2.75, 3.05) is 0 Å². The molecule has 0 spiro atoms. The molecule has 0 saturated carbocycles. The van der Waals surface area contributed by atoms with Crippen LogP contribution < -0.4 is 10.6 Å². The molecule has 2 aliphatic carbocycles. The summed E-state index contributed by atoms with van der Waals surface area (Å²) in [4.78, 5) is 95.9. The number of nitrogens with one attached hydrogen (secondary N) is 2. The van der Waals surface area contributed by atoms with Crippen molar-refractivity contribution in [3.05, 3.63) is 141 Å². The van der Waals surface area contributed by atoms with E-state index in [0.29, 0.717) is 11.1 Å². The van der Waals surface area contributed by atoms with Crippen LogP contribution in [-0.2, 0) is 30.1 Å². The number of benzene rings is 4. The predicted molar refractivity (Wildman–Crippen MR) is 207 cm³/mol. The van der Waals surface area contributed by atoms with Crippen LogP contribution in [0.15, 0.2) is 84.9 Å². The van der Waals surface area contributed by atoms with Crippen LogP contribution in [0.4, 0.5) is 4.79 Å². The fourth-order valence-corrected chi connectivity index (χ4v) is 7.83. The minimum atomic E-state index is -2.11. The van der Waals surface area contributed by atoms with Crippen LogP contribution in [0.2, 0.25) is 0 Å². The highest BCUT2D eigenvalue weighted by Gasteiger charge is 2.57. The van der Waals surface area contributed by atoms with E-state index in [9.17, 15) is 33.6 Å². The zero-order chi connectivity index (χ0) is 40.9. The summed E-state index contributed by atoms with van der Waals surface area (Å²) in [6.07, 6.45) is -3.36. The van der Waals surface area contributed by atoms with E-state index in [4.69, 9.17) is 9.47 Å². The first-order chi connectivity index (χ1) is 26.4. The smallest absolute Gasteiger partial charge is 0.426 e. The van der Waals surface area contributed by atoms with E-state index in [1.165, 1.54) is 38.1 Å². The maximum Gasteiger partial charge on any atom is 0.509 e. The van der Waals surface area contributed by atoms with Crippen molar-refractivity contribution in [2.24, 2.45) is 0 Å². The zero-order valence-corrected chi connectivity index (χ0v) is 32.6. The van der Waals surface area contributed by atoms with Crippen LogP contribution in [-0.4, -0.2) is 41.1 Å². The van der Waals surface area contributed by atoms with E-state index in [0.717, 1.165) is 11.1 Å². The Morgan fingerprint density at radius 3 is 1.07 bits per heavy atom. The van der Waals surface area contributed by atoms with Crippen molar-refractivity contribution >= 4 is 41.1 Å². The largest absolute Gasteiger partial charge is 0.509 e. The first-order valence-electron chi connectivity index (χ1n) is 18.6. The molecule has 11 nitrogen and oxygen atoms in total. The van der Waals surface area contributed by atoms with Gasteiger partial charge in [-0.15, -0.1) is 0 Å². The molecule has 0 aromatic heterocycles. The number of amides is 2. The summed E-state index contributed by atoms with van der Waals surface area (Å²) in [6, 6.07) is 22.9. The summed E-state index contributed by atoms with van der Waals surface area (Å²) in [6.45, 7) is 13.4. The number of ether oxygens (including phenoxy) is 2. The number of carbonyl (C=O) groups is 7. The van der Waals surface area contributed by atoms with E-state index >= 15 is 0 Å². The van der Waals surface area contributed by atoms with Crippen LogP contribution in [0.3, 0.4) is 0 Å². The Morgan fingerprint density at radius 2 is 0.804 bits per heavy atom. The molecule has 2 atom stereocenters.